The fourth-order valence-corrected chi connectivity index (χ4v) is 20.3. The highest BCUT2D eigenvalue weighted by molar-refractivity contribution is 7.26. The number of fused-ring (bicyclic) bond motifs is 19. The van der Waals surface area contributed by atoms with Crippen molar-refractivity contribution in [3.8, 4) is 55.6 Å². The summed E-state index contributed by atoms with van der Waals surface area (Å²) in [5, 5.41) is 2.54. The van der Waals surface area contributed by atoms with Crippen molar-refractivity contribution in [3.63, 3.8) is 0 Å². The van der Waals surface area contributed by atoms with Gasteiger partial charge in [0.25, 0.3) is 0 Å². The average molecular weight is 1340 g/mol. The molecule has 0 aliphatic heterocycles. The van der Waals surface area contributed by atoms with Crippen LogP contribution in [0.25, 0.3) is 75.8 Å². The van der Waals surface area contributed by atoms with E-state index in [-0.39, 0.29) is 0 Å². The number of hydrogen-bond donors (Lipinski definition) is 0. The molecule has 17 aromatic rings. The van der Waals surface area contributed by atoms with Gasteiger partial charge in [0.2, 0.25) is 0 Å². The fraction of sp³-hybridized carbons (Fsp3) is 0.0495. The van der Waals surface area contributed by atoms with Gasteiger partial charge in [0.15, 0.2) is 0 Å². The summed E-state index contributed by atoms with van der Waals surface area (Å²) >= 11 is 1.88. The molecular formula is C101H68N2S. The van der Waals surface area contributed by atoms with E-state index >= 15 is 0 Å². The molecular weight excluding hydrogens is 1270 g/mol. The van der Waals surface area contributed by atoms with Gasteiger partial charge < -0.3 is 9.80 Å². The molecule has 16 aromatic carbocycles. The number of benzene rings is 16. The topological polar surface area (TPSA) is 6.48 Å². The minimum atomic E-state index is -0.605. The van der Waals surface area contributed by atoms with Crippen LogP contribution >= 0.6 is 11.3 Å². The van der Waals surface area contributed by atoms with Crippen LogP contribution in [-0.2, 0) is 16.2 Å². The molecule has 1 aromatic heterocycles. The van der Waals surface area contributed by atoms with E-state index in [1.54, 1.807) is 0 Å². The number of anilines is 6. The number of rotatable bonds is 11. The molecule has 0 saturated heterocycles. The van der Waals surface area contributed by atoms with Gasteiger partial charge in [-0.2, -0.15) is 0 Å². The zero-order valence-corrected chi connectivity index (χ0v) is 58.4. The van der Waals surface area contributed by atoms with E-state index in [9.17, 15) is 0 Å². The van der Waals surface area contributed by atoms with Gasteiger partial charge in [-0.05, 0) is 197 Å². The molecule has 21 rings (SSSR count). The van der Waals surface area contributed by atoms with Crippen molar-refractivity contribution >= 4 is 65.6 Å². The molecule has 1 heterocycles. The lowest BCUT2D eigenvalue weighted by Crippen LogP contribution is -2.29. The normalized spacial score (nSPS) is 13.9. The minimum Gasteiger partial charge on any atom is -0.310 e. The van der Waals surface area contributed by atoms with E-state index in [2.05, 4.69) is 400 Å². The zero-order valence-electron chi connectivity index (χ0n) is 57.6. The largest absolute Gasteiger partial charge is 0.310 e. The minimum absolute atomic E-state index is 0.489. The maximum Gasteiger partial charge on any atom is 0.0726 e. The number of hydrogen-bond acceptors (Lipinski definition) is 3. The van der Waals surface area contributed by atoms with Crippen LogP contribution < -0.4 is 9.80 Å². The third-order valence-electron chi connectivity index (χ3n) is 23.3. The summed E-state index contributed by atoms with van der Waals surface area (Å²) < 4.78 is 2.54. The molecule has 2 nitrogen and oxygen atoms in total. The van der Waals surface area contributed by atoms with Gasteiger partial charge in [0.05, 0.1) is 32.3 Å². The van der Waals surface area contributed by atoms with Crippen LogP contribution in [-0.4, -0.2) is 0 Å². The Kier molecular flexibility index (Phi) is 13.4. The van der Waals surface area contributed by atoms with Crippen molar-refractivity contribution in [3.05, 3.63) is 454 Å². The van der Waals surface area contributed by atoms with Crippen molar-refractivity contribution in [2.75, 3.05) is 9.80 Å². The van der Waals surface area contributed by atoms with E-state index in [0.29, 0.717) is 0 Å². The van der Waals surface area contributed by atoms with Gasteiger partial charge in [-0.15, -0.1) is 11.3 Å². The van der Waals surface area contributed by atoms with Gasteiger partial charge in [-0.25, -0.2) is 0 Å². The maximum absolute atomic E-state index is 2.56. The van der Waals surface area contributed by atoms with E-state index in [4.69, 9.17) is 0 Å². The highest BCUT2D eigenvalue weighted by atomic mass is 32.1. The first-order valence-electron chi connectivity index (χ1n) is 36.3. The quantitative estimate of drug-likeness (QED) is 0.127. The molecule has 488 valence electrons. The second-order valence-electron chi connectivity index (χ2n) is 28.6. The van der Waals surface area contributed by atoms with Gasteiger partial charge in [-0.1, -0.05) is 321 Å². The van der Waals surface area contributed by atoms with Crippen LogP contribution in [0.15, 0.2) is 376 Å². The van der Waals surface area contributed by atoms with Crippen molar-refractivity contribution in [1.29, 1.82) is 0 Å². The van der Waals surface area contributed by atoms with Crippen molar-refractivity contribution < 1.29 is 0 Å². The molecule has 3 heteroatoms. The average Bonchev–Trinajstić information content (AvgIpc) is 1.52. The molecule has 0 amide bonds. The highest BCUT2D eigenvalue weighted by Gasteiger charge is 2.53. The lowest BCUT2D eigenvalue weighted by molar-refractivity contribution is 0.766. The van der Waals surface area contributed by atoms with Crippen LogP contribution in [0.1, 0.15) is 77.9 Å². The third kappa shape index (κ3) is 8.44. The number of nitrogens with zero attached hydrogens (tertiary/aromatic N) is 2. The molecule has 0 atom stereocenters. The first-order chi connectivity index (χ1) is 51.4. The SMILES string of the molecule is Cc1ccc2c(c1)C(c1ccccc1)(c1ccccc1)c1cc(N(c3ccc(-c4ccc(N(c5cccc6c5-c5ccccc5C65c6ccccc6-c6ccccc65)c5cccc6c5sc5ccccc56)cc4)cc3)c3ccc4c(c3)C(c3ccccc3)(c3ccccc3)c3cc(C)ccc3-4)ccc1-2. The van der Waals surface area contributed by atoms with Crippen LogP contribution in [0.4, 0.5) is 34.1 Å². The van der Waals surface area contributed by atoms with E-state index in [0.717, 1.165) is 45.3 Å². The Morgan fingerprint density at radius 2 is 0.587 bits per heavy atom. The van der Waals surface area contributed by atoms with E-state index in [1.807, 2.05) is 11.3 Å². The standard InChI is InChI=1S/C101H68N2S/c1-65-45-57-79-81-59-55-75(63-92(81)99(90(79)61-65,69-25-7-3-8-26-69)70-27-9-4-10-28-70)102(76-56-60-82-80-58-46-66(2)62-91(80)100(93(82)64-76,71-29-11-5-12-30-71)72-31-13-6-14-32-72)73-51-47-67(48-52-73)68-49-53-74(54-50-68)103(95-43-23-37-84-83-35-18-22-44-96(83)104-98(84)95)94-42-24-41-89-97(94)85-36-17-21-40-88(85)101(89)86-38-19-15-33-77(86)78-34-16-20-39-87(78)101/h3-64H,1-2H3. The van der Waals surface area contributed by atoms with Crippen LogP contribution in [0.5, 0.6) is 0 Å². The Morgan fingerprint density at radius 3 is 1.09 bits per heavy atom. The molecule has 1 spiro atoms. The summed E-state index contributed by atoms with van der Waals surface area (Å²) in [6.45, 7) is 4.46. The molecule has 0 N–H and O–H groups in total. The summed E-state index contributed by atoms with van der Waals surface area (Å²) in [7, 11) is 0. The number of thiophene rings is 1. The van der Waals surface area contributed by atoms with E-state index < -0.39 is 16.2 Å². The van der Waals surface area contributed by atoms with Crippen LogP contribution in [0.3, 0.4) is 0 Å². The first kappa shape index (κ1) is 60.1. The predicted molar refractivity (Wildman–Crippen MR) is 435 cm³/mol. The summed E-state index contributed by atoms with van der Waals surface area (Å²) in [4.78, 5) is 5.08. The Hall–Kier alpha value is -12.7. The van der Waals surface area contributed by atoms with Gasteiger partial charge in [0, 0.05) is 43.8 Å². The monoisotopic (exact) mass is 1340 g/mol. The molecule has 104 heavy (non-hydrogen) atoms. The molecule has 0 radical (unpaired) electrons. The fourth-order valence-electron chi connectivity index (χ4n) is 19.1. The van der Waals surface area contributed by atoms with E-state index in [1.165, 1.54) is 143 Å². The van der Waals surface area contributed by atoms with Gasteiger partial charge >= 0.3 is 0 Å². The van der Waals surface area contributed by atoms with Crippen molar-refractivity contribution in [1.82, 2.24) is 0 Å². The van der Waals surface area contributed by atoms with Crippen LogP contribution in [0, 0.1) is 13.8 Å². The first-order valence-corrected chi connectivity index (χ1v) is 37.1. The Morgan fingerprint density at radius 1 is 0.231 bits per heavy atom. The molecule has 0 fully saturated rings. The van der Waals surface area contributed by atoms with Gasteiger partial charge in [0.1, 0.15) is 0 Å². The summed E-state index contributed by atoms with van der Waals surface area (Å²) in [6, 6.07) is 143. The molecule has 0 unspecified atom stereocenters. The lowest BCUT2D eigenvalue weighted by Gasteiger charge is -2.36. The third-order valence-corrected chi connectivity index (χ3v) is 24.6. The Balaban J connectivity index is 0.743. The second-order valence-corrected chi connectivity index (χ2v) is 29.7. The molecule has 4 aliphatic carbocycles. The molecule has 0 saturated carbocycles. The summed E-state index contributed by atoms with van der Waals surface area (Å²) in [5.41, 5.74) is 35.2. The smallest absolute Gasteiger partial charge is 0.0726 e. The van der Waals surface area contributed by atoms with Crippen LogP contribution in [0.2, 0.25) is 0 Å². The van der Waals surface area contributed by atoms with Crippen molar-refractivity contribution in [2.45, 2.75) is 30.1 Å². The predicted octanol–water partition coefficient (Wildman–Crippen LogP) is 26.3. The maximum atomic E-state index is 2.56. The summed E-state index contributed by atoms with van der Waals surface area (Å²) in [6.07, 6.45) is 0. The highest BCUT2D eigenvalue weighted by Crippen LogP contribution is 2.66. The van der Waals surface area contributed by atoms with Gasteiger partial charge in [-0.3, -0.25) is 0 Å². The van der Waals surface area contributed by atoms with Crippen molar-refractivity contribution in [2.24, 2.45) is 0 Å². The molecule has 0 bridgehead atoms. The summed E-state index contributed by atoms with van der Waals surface area (Å²) in [5.74, 6) is 0. The molecule has 4 aliphatic rings. The number of aryl methyl sites for hydroxylation is 2. The Bertz CT molecular complexity index is 6000. The Labute approximate surface area is 611 Å². The second kappa shape index (κ2) is 23.2. The lowest BCUT2D eigenvalue weighted by atomic mass is 9.67. The zero-order chi connectivity index (χ0) is 68.8.